The number of amides is 1. The topological polar surface area (TPSA) is 66.8 Å². The van der Waals surface area contributed by atoms with Gasteiger partial charge in [-0.1, -0.05) is 15.9 Å². The zero-order valence-electron chi connectivity index (χ0n) is 11.3. The van der Waals surface area contributed by atoms with E-state index < -0.39 is 5.97 Å². The molecule has 0 heterocycles. The number of ether oxygens (including phenoxy) is 1. The van der Waals surface area contributed by atoms with Gasteiger partial charge in [-0.2, -0.15) is 0 Å². The van der Waals surface area contributed by atoms with Crippen LogP contribution in [-0.4, -0.2) is 41.6 Å². The number of halogens is 1. The Bertz CT molecular complexity index is 447. The molecule has 1 rings (SSSR count). The highest BCUT2D eigenvalue weighted by Crippen LogP contribution is 2.16. The molecule has 0 saturated carbocycles. The van der Waals surface area contributed by atoms with Gasteiger partial charge in [0.05, 0.1) is 6.61 Å². The van der Waals surface area contributed by atoms with Crippen molar-refractivity contribution >= 4 is 27.8 Å². The van der Waals surface area contributed by atoms with Gasteiger partial charge in [0.2, 0.25) is 5.91 Å². The first-order valence-electron chi connectivity index (χ1n) is 6.41. The van der Waals surface area contributed by atoms with Crippen molar-refractivity contribution in [2.24, 2.45) is 0 Å². The molecule has 0 aromatic heterocycles. The Morgan fingerprint density at radius 1 is 1.30 bits per heavy atom. The summed E-state index contributed by atoms with van der Waals surface area (Å²) in [5.74, 6) is -0.404. The molecule has 0 bridgehead atoms. The Morgan fingerprint density at radius 2 is 1.95 bits per heavy atom. The normalized spacial score (nSPS) is 10.1. The van der Waals surface area contributed by atoms with Crippen molar-refractivity contribution in [3.8, 4) is 5.75 Å². The van der Waals surface area contributed by atoms with Gasteiger partial charge < -0.3 is 14.7 Å². The predicted molar refractivity (Wildman–Crippen MR) is 78.8 cm³/mol. The fourth-order valence-electron chi connectivity index (χ4n) is 1.64. The van der Waals surface area contributed by atoms with Crippen LogP contribution in [0.4, 0.5) is 0 Å². The summed E-state index contributed by atoms with van der Waals surface area (Å²) in [6.45, 7) is 2.35. The van der Waals surface area contributed by atoms with E-state index in [4.69, 9.17) is 9.84 Å². The molecule has 0 aliphatic rings. The fraction of sp³-hybridized carbons (Fsp3) is 0.429. The molecule has 0 atom stereocenters. The van der Waals surface area contributed by atoms with Crippen molar-refractivity contribution in [3.63, 3.8) is 0 Å². The molecule has 20 heavy (non-hydrogen) atoms. The van der Waals surface area contributed by atoms with Crippen LogP contribution in [0.15, 0.2) is 28.7 Å². The number of carbonyl (C=O) groups excluding carboxylic acids is 1. The van der Waals surface area contributed by atoms with Crippen LogP contribution in [0, 0.1) is 0 Å². The van der Waals surface area contributed by atoms with E-state index in [0.717, 1.165) is 10.2 Å². The molecule has 0 fully saturated rings. The molecule has 6 heteroatoms. The highest BCUT2D eigenvalue weighted by atomic mass is 79.9. The Morgan fingerprint density at radius 3 is 2.50 bits per heavy atom. The lowest BCUT2D eigenvalue weighted by atomic mass is 10.3. The predicted octanol–water partition coefficient (Wildman–Crippen LogP) is 2.54. The average Bonchev–Trinajstić information content (AvgIpc) is 2.42. The molecular weight excluding hydrogens is 326 g/mol. The number of likely N-dealkylation sites (N-methyl/N-ethyl adjacent to an activating group) is 1. The second kappa shape index (κ2) is 8.58. The van der Waals surface area contributed by atoms with E-state index >= 15 is 0 Å². The van der Waals surface area contributed by atoms with E-state index in [1.54, 1.807) is 6.92 Å². The lowest BCUT2D eigenvalue weighted by Crippen LogP contribution is -2.35. The largest absolute Gasteiger partial charge is 0.494 e. The van der Waals surface area contributed by atoms with Crippen LogP contribution in [0.5, 0.6) is 5.75 Å². The molecule has 1 N–H and O–H groups in total. The highest BCUT2D eigenvalue weighted by molar-refractivity contribution is 9.10. The van der Waals surface area contributed by atoms with Crippen molar-refractivity contribution in [3.05, 3.63) is 28.7 Å². The van der Waals surface area contributed by atoms with Crippen molar-refractivity contribution in [1.29, 1.82) is 0 Å². The SMILES string of the molecule is CCN(CC(=O)O)C(=O)CCCOc1ccc(Br)cc1. The fourth-order valence-corrected chi connectivity index (χ4v) is 1.91. The number of carboxylic acid groups (broad SMARTS) is 1. The third-order valence-corrected chi connectivity index (χ3v) is 3.21. The number of hydrogen-bond acceptors (Lipinski definition) is 3. The first kappa shape index (κ1) is 16.5. The molecule has 0 aliphatic carbocycles. The lowest BCUT2D eigenvalue weighted by molar-refractivity contribution is -0.144. The first-order valence-corrected chi connectivity index (χ1v) is 7.20. The van der Waals surface area contributed by atoms with E-state index in [2.05, 4.69) is 15.9 Å². The molecule has 0 spiro atoms. The summed E-state index contributed by atoms with van der Waals surface area (Å²) in [6.07, 6.45) is 0.850. The molecule has 0 aliphatic heterocycles. The third-order valence-electron chi connectivity index (χ3n) is 2.68. The zero-order valence-corrected chi connectivity index (χ0v) is 12.9. The number of carbonyl (C=O) groups is 2. The maximum Gasteiger partial charge on any atom is 0.323 e. The molecule has 5 nitrogen and oxygen atoms in total. The molecule has 0 saturated heterocycles. The highest BCUT2D eigenvalue weighted by Gasteiger charge is 2.14. The van der Waals surface area contributed by atoms with E-state index in [-0.39, 0.29) is 18.9 Å². The van der Waals surface area contributed by atoms with Crippen LogP contribution >= 0.6 is 15.9 Å². The lowest BCUT2D eigenvalue weighted by Gasteiger charge is -2.18. The van der Waals surface area contributed by atoms with Gasteiger partial charge in [0, 0.05) is 17.4 Å². The van der Waals surface area contributed by atoms with Crippen LogP contribution in [0.25, 0.3) is 0 Å². The summed E-state index contributed by atoms with van der Waals surface area (Å²) in [4.78, 5) is 23.7. The second-order valence-electron chi connectivity index (χ2n) is 4.21. The number of aliphatic carboxylic acids is 1. The van der Waals surface area contributed by atoms with Crippen LogP contribution in [0.1, 0.15) is 19.8 Å². The summed E-state index contributed by atoms with van der Waals surface area (Å²) in [5, 5.41) is 8.68. The molecule has 0 unspecified atom stereocenters. The Hall–Kier alpha value is -1.56. The number of hydrogen-bond donors (Lipinski definition) is 1. The van der Waals surface area contributed by atoms with Gasteiger partial charge in [-0.25, -0.2) is 0 Å². The molecule has 1 amide bonds. The monoisotopic (exact) mass is 343 g/mol. The summed E-state index contributed by atoms with van der Waals surface area (Å²) in [5.41, 5.74) is 0. The van der Waals surface area contributed by atoms with Gasteiger partial charge in [-0.3, -0.25) is 9.59 Å². The molecule has 1 aromatic rings. The summed E-state index contributed by atoms with van der Waals surface area (Å²) in [7, 11) is 0. The van der Waals surface area contributed by atoms with Crippen molar-refractivity contribution in [1.82, 2.24) is 4.90 Å². The van der Waals surface area contributed by atoms with Crippen molar-refractivity contribution < 1.29 is 19.4 Å². The minimum Gasteiger partial charge on any atom is -0.494 e. The summed E-state index contributed by atoms with van der Waals surface area (Å²) < 4.78 is 6.48. The van der Waals surface area contributed by atoms with Gasteiger partial charge in [-0.15, -0.1) is 0 Å². The Balaban J connectivity index is 2.27. The van der Waals surface area contributed by atoms with E-state index in [9.17, 15) is 9.59 Å². The van der Waals surface area contributed by atoms with E-state index in [1.807, 2.05) is 24.3 Å². The van der Waals surface area contributed by atoms with Crippen molar-refractivity contribution in [2.45, 2.75) is 19.8 Å². The standard InChI is InChI=1S/C14H18BrNO4/c1-2-16(10-14(18)19)13(17)4-3-9-20-12-7-5-11(15)6-8-12/h5-8H,2-4,9-10H2,1H3,(H,18,19). The van der Waals surface area contributed by atoms with Crippen LogP contribution in [-0.2, 0) is 9.59 Å². The molecule has 1 aromatic carbocycles. The minimum absolute atomic E-state index is 0.158. The van der Waals surface area contributed by atoms with Gasteiger partial charge in [0.15, 0.2) is 0 Å². The number of carboxylic acids is 1. The van der Waals surface area contributed by atoms with E-state index in [1.165, 1.54) is 4.90 Å². The minimum atomic E-state index is -0.994. The Labute approximate surface area is 126 Å². The second-order valence-corrected chi connectivity index (χ2v) is 5.12. The number of rotatable bonds is 8. The van der Waals surface area contributed by atoms with Crippen LogP contribution < -0.4 is 4.74 Å². The molecular formula is C14H18BrNO4. The number of nitrogens with zero attached hydrogens (tertiary/aromatic N) is 1. The van der Waals surface area contributed by atoms with E-state index in [0.29, 0.717) is 19.6 Å². The third kappa shape index (κ3) is 6.06. The molecule has 110 valence electrons. The Kier molecular flexibility index (Phi) is 7.08. The van der Waals surface area contributed by atoms with Crippen LogP contribution in [0.2, 0.25) is 0 Å². The summed E-state index contributed by atoms with van der Waals surface area (Å²) in [6, 6.07) is 7.45. The zero-order chi connectivity index (χ0) is 15.0. The number of benzene rings is 1. The average molecular weight is 344 g/mol. The maximum absolute atomic E-state index is 11.8. The van der Waals surface area contributed by atoms with Gasteiger partial charge in [0.25, 0.3) is 0 Å². The molecule has 0 radical (unpaired) electrons. The van der Waals surface area contributed by atoms with Crippen molar-refractivity contribution in [2.75, 3.05) is 19.7 Å². The van der Waals surface area contributed by atoms with Gasteiger partial charge >= 0.3 is 5.97 Å². The van der Waals surface area contributed by atoms with Crippen LogP contribution in [0.3, 0.4) is 0 Å². The first-order chi connectivity index (χ1) is 9.52. The van der Waals surface area contributed by atoms with Gasteiger partial charge in [0.1, 0.15) is 12.3 Å². The quantitative estimate of drug-likeness (QED) is 0.736. The van der Waals surface area contributed by atoms with Gasteiger partial charge in [-0.05, 0) is 37.6 Å². The smallest absolute Gasteiger partial charge is 0.323 e. The maximum atomic E-state index is 11.8. The summed E-state index contributed by atoms with van der Waals surface area (Å²) >= 11 is 3.34.